The molecule has 0 aromatic heterocycles. The molecule has 4 nitrogen and oxygen atoms in total. The van der Waals surface area contributed by atoms with Gasteiger partial charge in [-0.25, -0.2) is 0 Å². The minimum Gasteiger partial charge on any atom is -0.454 e. The minimum atomic E-state index is -0.563. The van der Waals surface area contributed by atoms with Gasteiger partial charge in [-0.3, -0.25) is 0 Å². The van der Waals surface area contributed by atoms with Crippen molar-refractivity contribution < 1.29 is 14.6 Å². The molecule has 1 aliphatic carbocycles. The summed E-state index contributed by atoms with van der Waals surface area (Å²) in [6.07, 6.45) is 6.52. The molecule has 0 spiro atoms. The van der Waals surface area contributed by atoms with Gasteiger partial charge in [0.1, 0.15) is 0 Å². The second kappa shape index (κ2) is 5.29. The Labute approximate surface area is 113 Å². The largest absolute Gasteiger partial charge is 0.454 e. The first-order chi connectivity index (χ1) is 9.25. The highest BCUT2D eigenvalue weighted by Crippen LogP contribution is 2.34. The molecule has 0 bridgehead atoms. The summed E-state index contributed by atoms with van der Waals surface area (Å²) < 4.78 is 10.6. The molecule has 0 amide bonds. The Balaban J connectivity index is 1.62. The van der Waals surface area contributed by atoms with Crippen LogP contribution in [0.2, 0.25) is 0 Å². The molecule has 0 unspecified atom stereocenters. The molecule has 0 saturated heterocycles. The third kappa shape index (κ3) is 2.95. The van der Waals surface area contributed by atoms with Crippen molar-refractivity contribution in [2.75, 3.05) is 18.7 Å². The van der Waals surface area contributed by atoms with Crippen molar-refractivity contribution in [1.82, 2.24) is 0 Å². The quantitative estimate of drug-likeness (QED) is 0.823. The van der Waals surface area contributed by atoms with Crippen molar-refractivity contribution in [3.8, 4) is 11.5 Å². The van der Waals surface area contributed by atoms with E-state index in [1.54, 1.807) is 0 Å². The van der Waals surface area contributed by atoms with Crippen molar-refractivity contribution in [1.29, 1.82) is 0 Å². The van der Waals surface area contributed by atoms with Crippen LogP contribution in [-0.2, 0) is 0 Å². The lowest BCUT2D eigenvalue weighted by Gasteiger charge is -2.27. The molecule has 3 rings (SSSR count). The zero-order valence-electron chi connectivity index (χ0n) is 11.2. The van der Waals surface area contributed by atoms with Gasteiger partial charge in [-0.1, -0.05) is 25.7 Å². The maximum Gasteiger partial charge on any atom is 0.231 e. The molecular weight excluding hydrogens is 242 g/mol. The van der Waals surface area contributed by atoms with Gasteiger partial charge in [0.25, 0.3) is 0 Å². The van der Waals surface area contributed by atoms with E-state index >= 15 is 0 Å². The predicted molar refractivity (Wildman–Crippen MR) is 73.7 cm³/mol. The third-order valence-electron chi connectivity index (χ3n) is 4.03. The first-order valence-corrected chi connectivity index (χ1v) is 7.11. The van der Waals surface area contributed by atoms with E-state index in [1.807, 2.05) is 18.2 Å². The monoisotopic (exact) mass is 263 g/mol. The standard InChI is InChI=1S/C15H21NO3/c17-15(7-3-1-2-4-8-15)10-16-12-5-6-13-14(9-12)19-11-18-13/h5-6,9,16-17H,1-4,7-8,10-11H2. The van der Waals surface area contributed by atoms with Crippen LogP contribution in [0.4, 0.5) is 5.69 Å². The molecule has 2 aliphatic rings. The van der Waals surface area contributed by atoms with E-state index in [2.05, 4.69) is 5.32 Å². The second-order valence-electron chi connectivity index (χ2n) is 5.56. The fourth-order valence-electron chi connectivity index (χ4n) is 2.84. The van der Waals surface area contributed by atoms with E-state index in [0.717, 1.165) is 42.9 Å². The summed E-state index contributed by atoms with van der Waals surface area (Å²) in [5, 5.41) is 13.9. The number of anilines is 1. The first-order valence-electron chi connectivity index (χ1n) is 7.11. The molecular formula is C15H21NO3. The van der Waals surface area contributed by atoms with Crippen LogP contribution < -0.4 is 14.8 Å². The Hall–Kier alpha value is -1.42. The van der Waals surface area contributed by atoms with Crippen LogP contribution in [0.5, 0.6) is 11.5 Å². The van der Waals surface area contributed by atoms with E-state index in [9.17, 15) is 5.11 Å². The van der Waals surface area contributed by atoms with E-state index < -0.39 is 5.60 Å². The fraction of sp³-hybridized carbons (Fsp3) is 0.600. The Morgan fingerprint density at radius 1 is 1.05 bits per heavy atom. The minimum absolute atomic E-state index is 0.294. The number of ether oxygens (including phenoxy) is 2. The molecule has 1 aliphatic heterocycles. The Morgan fingerprint density at radius 3 is 2.58 bits per heavy atom. The van der Waals surface area contributed by atoms with E-state index in [-0.39, 0.29) is 0 Å². The van der Waals surface area contributed by atoms with Crippen molar-refractivity contribution in [2.45, 2.75) is 44.1 Å². The molecule has 0 radical (unpaired) electrons. The Morgan fingerprint density at radius 2 is 1.79 bits per heavy atom. The summed E-state index contributed by atoms with van der Waals surface area (Å²) in [5.74, 6) is 1.57. The molecule has 1 heterocycles. The van der Waals surface area contributed by atoms with E-state index in [0.29, 0.717) is 13.3 Å². The van der Waals surface area contributed by atoms with Crippen LogP contribution in [0.3, 0.4) is 0 Å². The Bertz CT molecular complexity index is 439. The van der Waals surface area contributed by atoms with Crippen molar-refractivity contribution in [3.63, 3.8) is 0 Å². The number of benzene rings is 1. The number of nitrogens with one attached hydrogen (secondary N) is 1. The van der Waals surface area contributed by atoms with Gasteiger partial charge in [0, 0.05) is 18.3 Å². The van der Waals surface area contributed by atoms with E-state index in [4.69, 9.17) is 9.47 Å². The van der Waals surface area contributed by atoms with Crippen LogP contribution >= 0.6 is 0 Å². The van der Waals surface area contributed by atoms with Gasteiger partial charge in [0.05, 0.1) is 5.60 Å². The zero-order chi connectivity index (χ0) is 13.1. The van der Waals surface area contributed by atoms with Crippen LogP contribution in [0, 0.1) is 0 Å². The highest BCUT2D eigenvalue weighted by atomic mass is 16.7. The lowest BCUT2D eigenvalue weighted by Crippen LogP contribution is -2.36. The average Bonchev–Trinajstić information content (AvgIpc) is 2.78. The van der Waals surface area contributed by atoms with Crippen LogP contribution in [0.15, 0.2) is 18.2 Å². The van der Waals surface area contributed by atoms with Crippen LogP contribution in [0.1, 0.15) is 38.5 Å². The van der Waals surface area contributed by atoms with Gasteiger partial charge in [0.15, 0.2) is 11.5 Å². The van der Waals surface area contributed by atoms with Gasteiger partial charge in [-0.05, 0) is 25.0 Å². The zero-order valence-corrected chi connectivity index (χ0v) is 11.2. The smallest absolute Gasteiger partial charge is 0.231 e. The number of aliphatic hydroxyl groups is 1. The molecule has 0 atom stereocenters. The molecule has 1 aromatic rings. The highest BCUT2D eigenvalue weighted by molar-refractivity contribution is 5.55. The average molecular weight is 263 g/mol. The molecule has 2 N–H and O–H groups in total. The summed E-state index contributed by atoms with van der Waals surface area (Å²) in [4.78, 5) is 0. The van der Waals surface area contributed by atoms with Crippen LogP contribution in [0.25, 0.3) is 0 Å². The van der Waals surface area contributed by atoms with Crippen molar-refractivity contribution in [3.05, 3.63) is 18.2 Å². The maximum atomic E-state index is 10.6. The normalized spacial score (nSPS) is 20.9. The van der Waals surface area contributed by atoms with Gasteiger partial charge in [0.2, 0.25) is 6.79 Å². The SMILES string of the molecule is OC1(CNc2ccc3c(c2)OCO3)CCCCCC1. The number of hydrogen-bond acceptors (Lipinski definition) is 4. The summed E-state index contributed by atoms with van der Waals surface area (Å²) in [7, 11) is 0. The molecule has 1 saturated carbocycles. The van der Waals surface area contributed by atoms with Crippen LogP contribution in [-0.4, -0.2) is 24.0 Å². The number of rotatable bonds is 3. The molecule has 4 heteroatoms. The molecule has 104 valence electrons. The second-order valence-corrected chi connectivity index (χ2v) is 5.56. The lowest BCUT2D eigenvalue weighted by molar-refractivity contribution is 0.0381. The lowest BCUT2D eigenvalue weighted by atomic mass is 9.94. The summed E-state index contributed by atoms with van der Waals surface area (Å²) in [6.45, 7) is 0.898. The molecule has 19 heavy (non-hydrogen) atoms. The van der Waals surface area contributed by atoms with Gasteiger partial charge in [-0.15, -0.1) is 0 Å². The topological polar surface area (TPSA) is 50.7 Å². The van der Waals surface area contributed by atoms with Gasteiger partial charge >= 0.3 is 0 Å². The highest BCUT2D eigenvalue weighted by Gasteiger charge is 2.27. The van der Waals surface area contributed by atoms with Crippen molar-refractivity contribution in [2.24, 2.45) is 0 Å². The Kier molecular flexibility index (Phi) is 3.51. The number of hydrogen-bond donors (Lipinski definition) is 2. The fourth-order valence-corrected chi connectivity index (χ4v) is 2.84. The third-order valence-corrected chi connectivity index (χ3v) is 4.03. The predicted octanol–water partition coefficient (Wildman–Crippen LogP) is 2.91. The van der Waals surface area contributed by atoms with E-state index in [1.165, 1.54) is 12.8 Å². The first kappa shape index (κ1) is 12.6. The number of fused-ring (bicyclic) bond motifs is 1. The molecule has 1 fully saturated rings. The van der Waals surface area contributed by atoms with Gasteiger partial charge in [-0.2, -0.15) is 0 Å². The van der Waals surface area contributed by atoms with Crippen molar-refractivity contribution >= 4 is 5.69 Å². The summed E-state index contributed by atoms with van der Waals surface area (Å²) in [6, 6.07) is 5.80. The van der Waals surface area contributed by atoms with Gasteiger partial charge < -0.3 is 19.9 Å². The summed E-state index contributed by atoms with van der Waals surface area (Å²) in [5.41, 5.74) is 0.411. The molecule has 1 aromatic carbocycles. The maximum absolute atomic E-state index is 10.6. The summed E-state index contributed by atoms with van der Waals surface area (Å²) >= 11 is 0.